The Bertz CT molecular complexity index is 591. The molecule has 0 unspecified atom stereocenters. The molecule has 0 radical (unpaired) electrons. The summed E-state index contributed by atoms with van der Waals surface area (Å²) in [6.45, 7) is 10.1. The van der Waals surface area contributed by atoms with Crippen LogP contribution in [-0.2, 0) is 33.4 Å². The summed E-state index contributed by atoms with van der Waals surface area (Å²) >= 11 is 0. The molecule has 0 fully saturated rings. The minimum absolute atomic E-state index is 0. The van der Waals surface area contributed by atoms with Crippen LogP contribution < -0.4 is 29.6 Å². The molecule has 0 saturated heterocycles. The second-order valence-corrected chi connectivity index (χ2v) is 7.80. The molecule has 0 heterocycles. The van der Waals surface area contributed by atoms with Crippen molar-refractivity contribution in [2.45, 2.75) is 52.4 Å². The Balaban J connectivity index is -0.00000312. The van der Waals surface area contributed by atoms with Crippen molar-refractivity contribution in [1.29, 1.82) is 0 Å². The molecule has 0 rings (SSSR count). The molecule has 152 valence electrons. The number of hydrogen-bond donors (Lipinski definition) is 0. The van der Waals surface area contributed by atoms with Crippen molar-refractivity contribution in [1.82, 2.24) is 0 Å². The second-order valence-electron chi connectivity index (χ2n) is 6.04. The number of unbranched alkanes of at least 4 members (excludes halogenated alkanes) is 5. The van der Waals surface area contributed by atoms with E-state index >= 15 is 0 Å². The maximum Gasteiger partial charge on any atom is 1.00 e. The van der Waals surface area contributed by atoms with Gasteiger partial charge < -0.3 is 10.9 Å². The molecule has 0 N–H and O–H groups in total. The van der Waals surface area contributed by atoms with Crippen LogP contribution in [-0.4, -0.2) is 45.9 Å². The number of carbonyl (C=O) groups excluding carboxylic acids is 2. The van der Waals surface area contributed by atoms with E-state index in [1.165, 1.54) is 6.92 Å². The maximum absolute atomic E-state index is 11.7. The Kier molecular flexibility index (Phi) is 17.2. The first-order chi connectivity index (χ1) is 12.2. The molecule has 9 heteroatoms. The number of ether oxygens (including phenoxy) is 2. The fourth-order valence-corrected chi connectivity index (χ4v) is 2.85. The van der Waals surface area contributed by atoms with E-state index in [-0.39, 0.29) is 61.5 Å². The summed E-state index contributed by atoms with van der Waals surface area (Å²) in [5, 5.41) is 0. The summed E-state index contributed by atoms with van der Waals surface area (Å²) in [6, 6.07) is 0. The maximum atomic E-state index is 11.7. The van der Waals surface area contributed by atoms with Crippen molar-refractivity contribution in [3.63, 3.8) is 0 Å². The average Bonchev–Trinajstić information content (AvgIpc) is 2.56. The van der Waals surface area contributed by atoms with Gasteiger partial charge in [0.25, 0.3) is 10.1 Å². The zero-order valence-corrected chi connectivity index (χ0v) is 19.6. The van der Waals surface area contributed by atoms with Gasteiger partial charge in [0.05, 0.1) is 12.4 Å². The molecule has 0 aromatic rings. The number of esters is 2. The van der Waals surface area contributed by atoms with Gasteiger partial charge in [-0.15, -0.1) is 0 Å². The van der Waals surface area contributed by atoms with E-state index in [1.54, 1.807) is 6.92 Å². The van der Waals surface area contributed by atoms with Crippen molar-refractivity contribution in [2.75, 3.05) is 25.6 Å². The summed E-state index contributed by atoms with van der Waals surface area (Å²) in [6.07, 6.45) is 4.84. The van der Waals surface area contributed by atoms with Crippen molar-refractivity contribution >= 4 is 22.1 Å². The molecule has 0 spiro atoms. The molecule has 0 bridgehead atoms. The van der Waals surface area contributed by atoms with E-state index in [2.05, 4.69) is 13.2 Å². The van der Waals surface area contributed by atoms with Gasteiger partial charge in [0.15, 0.2) is 0 Å². The predicted octanol–water partition coefficient (Wildman–Crippen LogP) is 0.0285. The molecule has 0 aliphatic carbocycles. The largest absolute Gasteiger partial charge is 1.00 e. The smallest absolute Gasteiger partial charge is 1.00 e. The summed E-state index contributed by atoms with van der Waals surface area (Å²) in [7, 11) is -3.60. The Morgan fingerprint density at radius 2 is 1.22 bits per heavy atom. The third kappa shape index (κ3) is 17.2. The van der Waals surface area contributed by atoms with Gasteiger partial charge in [-0.25, -0.2) is 9.59 Å². The Hall–Kier alpha value is -0.670. The van der Waals surface area contributed by atoms with Crippen molar-refractivity contribution in [2.24, 2.45) is 0 Å². The molecule has 0 aromatic carbocycles. The van der Waals surface area contributed by atoms with E-state index < -0.39 is 16.1 Å². The molecule has 0 aromatic heterocycles. The predicted molar refractivity (Wildman–Crippen MR) is 100 cm³/mol. The van der Waals surface area contributed by atoms with Crippen LogP contribution in [0, 0.1) is 0 Å². The van der Waals surface area contributed by atoms with E-state index in [1.807, 2.05) is 0 Å². The molecule has 27 heavy (non-hydrogen) atoms. The zero-order valence-electron chi connectivity index (χ0n) is 17.8. The quantitative estimate of drug-likeness (QED) is 0.123. The normalized spacial score (nSPS) is 10.6. The van der Waals surface area contributed by atoms with Crippen LogP contribution >= 0.6 is 0 Å². The van der Waals surface area contributed by atoms with Gasteiger partial charge in [-0.2, -0.15) is 8.42 Å². The molecular formula is C18H31NaO7S. The molecule has 0 amide bonds. The molecule has 0 aliphatic rings. The number of carbonyl (C=O) groups is 2. The fraction of sp³-hybridized carbons (Fsp3) is 0.667. The first-order valence-corrected chi connectivity index (χ1v) is 10.3. The summed E-state index contributed by atoms with van der Waals surface area (Å²) in [4.78, 5) is 22.3. The van der Waals surface area contributed by atoms with Gasteiger partial charge in [0, 0.05) is 11.1 Å². The van der Waals surface area contributed by atoms with Crippen LogP contribution in [0.2, 0.25) is 0 Å². The first kappa shape index (κ1) is 28.5. The monoisotopic (exact) mass is 414 g/mol. The van der Waals surface area contributed by atoms with Gasteiger partial charge >= 0.3 is 41.5 Å². The van der Waals surface area contributed by atoms with Crippen LogP contribution in [0.1, 0.15) is 53.8 Å². The van der Waals surface area contributed by atoms with E-state index in [0.717, 1.165) is 32.1 Å². The second kappa shape index (κ2) is 16.3. The summed E-state index contributed by atoms with van der Waals surface area (Å²) in [5.41, 5.74) is 0.643. The van der Waals surface area contributed by atoms with Crippen LogP contribution in [0.15, 0.2) is 24.3 Å². The number of hydrogen-bond acceptors (Lipinski definition) is 7. The van der Waals surface area contributed by atoms with Gasteiger partial charge in [0.1, 0.15) is 13.2 Å². The Morgan fingerprint density at radius 3 is 1.74 bits per heavy atom. The van der Waals surface area contributed by atoms with Crippen molar-refractivity contribution < 1.29 is 62.6 Å². The van der Waals surface area contributed by atoms with E-state index in [0.29, 0.717) is 18.6 Å². The van der Waals surface area contributed by atoms with Crippen molar-refractivity contribution in [3.05, 3.63) is 24.3 Å². The third-order valence-corrected chi connectivity index (χ3v) is 4.61. The summed E-state index contributed by atoms with van der Waals surface area (Å²) in [5.74, 6) is -0.998. The summed E-state index contributed by atoms with van der Waals surface area (Å²) < 4.78 is 37.8. The molecule has 0 aliphatic heterocycles. The Labute approximate surface area is 186 Å². The van der Waals surface area contributed by atoms with E-state index in [4.69, 9.17) is 13.7 Å². The SMILES string of the molecule is C=C(C)C(=O)OCCCCCCCCS(=O)(=O)OCCOC(=O)C(=C)C.[H-].[Na+]. The zero-order chi connectivity index (χ0) is 20.0. The van der Waals surface area contributed by atoms with Crippen LogP contribution in [0.4, 0.5) is 0 Å². The van der Waals surface area contributed by atoms with Gasteiger partial charge in [-0.05, 0) is 26.7 Å². The van der Waals surface area contributed by atoms with Gasteiger partial charge in [-0.3, -0.25) is 4.18 Å². The molecule has 7 nitrogen and oxygen atoms in total. The molecule has 0 saturated carbocycles. The van der Waals surface area contributed by atoms with Crippen molar-refractivity contribution in [3.8, 4) is 0 Å². The topological polar surface area (TPSA) is 96.0 Å². The average molecular weight is 414 g/mol. The third-order valence-electron chi connectivity index (χ3n) is 3.30. The van der Waals surface area contributed by atoms with Crippen LogP contribution in [0.5, 0.6) is 0 Å². The van der Waals surface area contributed by atoms with Gasteiger partial charge in [0.2, 0.25) is 0 Å². The number of rotatable bonds is 15. The van der Waals surface area contributed by atoms with Gasteiger partial charge in [-0.1, -0.05) is 38.8 Å². The van der Waals surface area contributed by atoms with E-state index in [9.17, 15) is 18.0 Å². The van der Waals surface area contributed by atoms with Crippen LogP contribution in [0.25, 0.3) is 0 Å². The minimum Gasteiger partial charge on any atom is -1.00 e. The van der Waals surface area contributed by atoms with Crippen LogP contribution in [0.3, 0.4) is 0 Å². The molecule has 0 atom stereocenters. The Morgan fingerprint density at radius 1 is 0.778 bits per heavy atom. The minimum atomic E-state index is -3.60. The first-order valence-electron chi connectivity index (χ1n) is 8.68. The molecular weight excluding hydrogens is 383 g/mol. The standard InChI is InChI=1S/C18H30O7S.Na.H/c1-15(2)17(19)23-11-9-7-5-6-8-10-14-26(21,22)25-13-12-24-18(20)16(3)4;;/h1,3,5-14H2,2,4H3;;/q;+1;-1. The fourth-order valence-electron chi connectivity index (χ4n) is 1.85.